The van der Waals surface area contributed by atoms with Gasteiger partial charge in [0.1, 0.15) is 0 Å². The van der Waals surface area contributed by atoms with Crippen molar-refractivity contribution in [2.75, 3.05) is 12.9 Å². The van der Waals surface area contributed by atoms with Gasteiger partial charge in [-0.3, -0.25) is 9.78 Å². The van der Waals surface area contributed by atoms with Crippen LogP contribution >= 0.6 is 11.8 Å². The quantitative estimate of drug-likeness (QED) is 0.587. The van der Waals surface area contributed by atoms with Gasteiger partial charge in [0.25, 0.3) is 5.56 Å². The van der Waals surface area contributed by atoms with E-state index in [0.29, 0.717) is 5.16 Å². The fourth-order valence-corrected chi connectivity index (χ4v) is 1.47. The van der Waals surface area contributed by atoms with Crippen molar-refractivity contribution >= 4 is 11.8 Å². The van der Waals surface area contributed by atoms with Gasteiger partial charge in [-0.1, -0.05) is 18.7 Å². The van der Waals surface area contributed by atoms with Crippen LogP contribution in [0.4, 0.5) is 0 Å². The second kappa shape index (κ2) is 4.91. The van der Waals surface area contributed by atoms with E-state index >= 15 is 0 Å². The molecule has 0 fully saturated rings. The summed E-state index contributed by atoms with van der Waals surface area (Å²) in [6.45, 7) is 2.08. The summed E-state index contributed by atoms with van der Waals surface area (Å²) < 4.78 is 4.79. The summed E-state index contributed by atoms with van der Waals surface area (Å²) >= 11 is 1.53. The molecule has 1 aromatic rings. The number of hydrogen-bond acceptors (Lipinski definition) is 4. The van der Waals surface area contributed by atoms with Crippen LogP contribution in [-0.2, 0) is 0 Å². The van der Waals surface area contributed by atoms with Gasteiger partial charge in [-0.15, -0.1) is 0 Å². The van der Waals surface area contributed by atoms with Crippen molar-refractivity contribution in [3.05, 3.63) is 16.6 Å². The molecule has 1 heterocycles. The third-order valence-corrected chi connectivity index (χ3v) is 2.50. The number of hydrogen-bond donors (Lipinski definition) is 1. The van der Waals surface area contributed by atoms with Gasteiger partial charge in [0.2, 0.25) is 5.75 Å². The minimum absolute atomic E-state index is 0.226. The number of H-pyrrole nitrogens is 1. The van der Waals surface area contributed by atoms with E-state index < -0.39 is 0 Å². The number of nitrogens with zero attached hydrogens (tertiary/aromatic N) is 1. The highest BCUT2D eigenvalue weighted by Gasteiger charge is 2.01. The highest BCUT2D eigenvalue weighted by Crippen LogP contribution is 2.12. The van der Waals surface area contributed by atoms with Crippen LogP contribution in [0, 0.1) is 0 Å². The summed E-state index contributed by atoms with van der Waals surface area (Å²) in [5.74, 6) is 1.20. The Bertz CT molecular complexity index is 324. The summed E-state index contributed by atoms with van der Waals surface area (Å²) in [7, 11) is 1.45. The monoisotopic (exact) mass is 200 g/mol. The third kappa shape index (κ3) is 2.77. The second-order valence-electron chi connectivity index (χ2n) is 2.43. The van der Waals surface area contributed by atoms with Crippen LogP contribution in [-0.4, -0.2) is 22.8 Å². The van der Waals surface area contributed by atoms with Gasteiger partial charge >= 0.3 is 0 Å². The molecule has 5 heteroatoms. The Balaban J connectivity index is 2.77. The topological polar surface area (TPSA) is 55.0 Å². The van der Waals surface area contributed by atoms with Crippen LogP contribution in [0.3, 0.4) is 0 Å². The second-order valence-corrected chi connectivity index (χ2v) is 3.52. The highest BCUT2D eigenvalue weighted by molar-refractivity contribution is 7.99. The van der Waals surface area contributed by atoms with Gasteiger partial charge in [-0.05, 0) is 6.42 Å². The Morgan fingerprint density at radius 3 is 3.00 bits per heavy atom. The molecule has 0 bridgehead atoms. The van der Waals surface area contributed by atoms with Crippen molar-refractivity contribution in [1.29, 1.82) is 0 Å². The number of rotatable bonds is 4. The minimum atomic E-state index is -0.226. The Morgan fingerprint density at radius 1 is 1.69 bits per heavy atom. The summed E-state index contributed by atoms with van der Waals surface area (Å²) in [6, 6.07) is 0. The van der Waals surface area contributed by atoms with Crippen LogP contribution in [0.15, 0.2) is 16.1 Å². The predicted octanol–water partition coefficient (Wildman–Crippen LogP) is 1.28. The van der Waals surface area contributed by atoms with Gasteiger partial charge in [0.15, 0.2) is 5.16 Å². The number of nitrogens with one attached hydrogen (secondary N) is 1. The van der Waals surface area contributed by atoms with Crippen LogP contribution < -0.4 is 10.3 Å². The van der Waals surface area contributed by atoms with Gasteiger partial charge in [-0.2, -0.15) is 0 Å². The number of methoxy groups -OCH3 is 1. The molecule has 0 unspecified atom stereocenters. The van der Waals surface area contributed by atoms with E-state index in [-0.39, 0.29) is 11.3 Å². The van der Waals surface area contributed by atoms with E-state index in [4.69, 9.17) is 4.74 Å². The summed E-state index contributed by atoms with van der Waals surface area (Å²) in [5.41, 5.74) is -0.226. The molecule has 13 heavy (non-hydrogen) atoms. The molecule has 0 aromatic carbocycles. The Labute approximate surface area is 80.7 Å². The average Bonchev–Trinajstić information content (AvgIpc) is 2.15. The van der Waals surface area contributed by atoms with Gasteiger partial charge in [-0.25, -0.2) is 4.98 Å². The first kappa shape index (κ1) is 10.1. The van der Waals surface area contributed by atoms with E-state index in [9.17, 15) is 4.79 Å². The molecule has 0 saturated carbocycles. The average molecular weight is 200 g/mol. The molecule has 0 aliphatic carbocycles. The maximum absolute atomic E-state index is 11.2. The number of thioether (sulfide) groups is 1. The zero-order valence-corrected chi connectivity index (χ0v) is 8.48. The Morgan fingerprint density at radius 2 is 2.46 bits per heavy atom. The Kier molecular flexibility index (Phi) is 3.82. The van der Waals surface area contributed by atoms with Crippen molar-refractivity contribution in [2.45, 2.75) is 18.5 Å². The van der Waals surface area contributed by atoms with Crippen molar-refractivity contribution in [3.8, 4) is 5.75 Å². The lowest BCUT2D eigenvalue weighted by molar-refractivity contribution is 0.404. The number of aromatic nitrogens is 2. The molecule has 0 atom stereocenters. The van der Waals surface area contributed by atoms with Crippen LogP contribution in [0.5, 0.6) is 5.75 Å². The standard InChI is InChI=1S/C8H12N2O2S/c1-3-4-13-8-9-5-6(12-2)7(11)10-8/h5H,3-4H2,1-2H3,(H,9,10,11). The molecule has 0 spiro atoms. The third-order valence-electron chi connectivity index (χ3n) is 1.41. The molecule has 72 valence electrons. The molecule has 1 N–H and O–H groups in total. The van der Waals surface area contributed by atoms with Crippen molar-refractivity contribution in [3.63, 3.8) is 0 Å². The SMILES string of the molecule is CCCSc1ncc(OC)c(=O)[nH]1. The van der Waals surface area contributed by atoms with Crippen LogP contribution in [0.25, 0.3) is 0 Å². The van der Waals surface area contributed by atoms with Crippen molar-refractivity contribution < 1.29 is 4.74 Å². The first-order chi connectivity index (χ1) is 6.27. The molecule has 0 aliphatic rings. The van der Waals surface area contributed by atoms with E-state index in [1.54, 1.807) is 0 Å². The lowest BCUT2D eigenvalue weighted by atomic mass is 10.6. The van der Waals surface area contributed by atoms with Gasteiger partial charge < -0.3 is 4.74 Å². The molecule has 4 nitrogen and oxygen atoms in total. The fourth-order valence-electron chi connectivity index (χ4n) is 0.784. The summed E-state index contributed by atoms with van der Waals surface area (Å²) in [6.07, 6.45) is 2.50. The predicted molar refractivity (Wildman–Crippen MR) is 52.4 cm³/mol. The maximum Gasteiger partial charge on any atom is 0.293 e. The maximum atomic E-state index is 11.2. The molecule has 0 amide bonds. The fraction of sp³-hybridized carbons (Fsp3) is 0.500. The van der Waals surface area contributed by atoms with Crippen molar-refractivity contribution in [1.82, 2.24) is 9.97 Å². The normalized spacial score (nSPS) is 10.0. The molecular weight excluding hydrogens is 188 g/mol. The molecule has 0 aliphatic heterocycles. The van der Waals surface area contributed by atoms with Crippen molar-refractivity contribution in [2.24, 2.45) is 0 Å². The van der Waals surface area contributed by atoms with Crippen LogP contribution in [0.2, 0.25) is 0 Å². The number of ether oxygens (including phenoxy) is 1. The van der Waals surface area contributed by atoms with Gasteiger partial charge in [0.05, 0.1) is 13.3 Å². The largest absolute Gasteiger partial charge is 0.490 e. The molecule has 0 radical (unpaired) electrons. The molecule has 0 saturated heterocycles. The van der Waals surface area contributed by atoms with E-state index in [2.05, 4.69) is 16.9 Å². The van der Waals surface area contributed by atoms with E-state index in [1.807, 2.05) is 0 Å². The van der Waals surface area contributed by atoms with Crippen LogP contribution in [0.1, 0.15) is 13.3 Å². The zero-order valence-electron chi connectivity index (χ0n) is 7.66. The Hall–Kier alpha value is -0.970. The van der Waals surface area contributed by atoms with E-state index in [0.717, 1.165) is 12.2 Å². The highest BCUT2D eigenvalue weighted by atomic mass is 32.2. The molecule has 1 rings (SSSR count). The number of aromatic amines is 1. The molecular formula is C8H12N2O2S. The van der Waals surface area contributed by atoms with E-state index in [1.165, 1.54) is 25.1 Å². The molecule has 1 aromatic heterocycles. The summed E-state index contributed by atoms with van der Waals surface area (Å²) in [5, 5.41) is 0.646. The smallest absolute Gasteiger partial charge is 0.293 e. The summed E-state index contributed by atoms with van der Waals surface area (Å²) in [4.78, 5) is 17.9. The lowest BCUT2D eigenvalue weighted by Crippen LogP contribution is -2.10. The van der Waals surface area contributed by atoms with Gasteiger partial charge in [0, 0.05) is 5.75 Å². The minimum Gasteiger partial charge on any atom is -0.490 e. The zero-order chi connectivity index (χ0) is 9.68. The first-order valence-corrected chi connectivity index (χ1v) is 5.02. The first-order valence-electron chi connectivity index (χ1n) is 4.04. The lowest BCUT2D eigenvalue weighted by Gasteiger charge is -2.00.